The maximum absolute atomic E-state index is 12.8. The van der Waals surface area contributed by atoms with Gasteiger partial charge in [-0.15, -0.1) is 11.3 Å². The maximum atomic E-state index is 12.8. The van der Waals surface area contributed by atoms with E-state index in [9.17, 15) is 4.79 Å². The van der Waals surface area contributed by atoms with Crippen LogP contribution in [-0.2, 0) is 6.42 Å². The third-order valence-electron chi connectivity index (χ3n) is 5.10. The molecule has 30 heavy (non-hydrogen) atoms. The number of hydrogen-bond donors (Lipinski definition) is 2. The van der Waals surface area contributed by atoms with Crippen LogP contribution in [0.25, 0.3) is 21.1 Å². The van der Waals surface area contributed by atoms with Crippen molar-refractivity contribution in [3.05, 3.63) is 58.5 Å². The summed E-state index contributed by atoms with van der Waals surface area (Å²) < 4.78 is 10.6. The van der Waals surface area contributed by atoms with Gasteiger partial charge in [0, 0.05) is 17.3 Å². The van der Waals surface area contributed by atoms with Gasteiger partial charge < -0.3 is 20.5 Å². The molecule has 0 atom stereocenters. The SMILES string of the molecule is COc1ccc(CCNC(=O)c2sc3nc4c(C)cccc4cc3c2N)cc1OC. The zero-order chi connectivity index (χ0) is 21.3. The zero-order valence-corrected chi connectivity index (χ0v) is 17.9. The molecule has 2 aromatic carbocycles. The Bertz CT molecular complexity index is 1250. The summed E-state index contributed by atoms with van der Waals surface area (Å²) >= 11 is 1.33. The molecule has 0 saturated carbocycles. The Hall–Kier alpha value is -3.32. The van der Waals surface area contributed by atoms with E-state index < -0.39 is 0 Å². The van der Waals surface area contributed by atoms with Crippen molar-refractivity contribution >= 4 is 44.1 Å². The van der Waals surface area contributed by atoms with Gasteiger partial charge in [0.15, 0.2) is 11.5 Å². The van der Waals surface area contributed by atoms with E-state index in [1.54, 1.807) is 14.2 Å². The number of fused-ring (bicyclic) bond motifs is 2. The van der Waals surface area contributed by atoms with Crippen molar-refractivity contribution in [1.29, 1.82) is 0 Å². The van der Waals surface area contributed by atoms with Gasteiger partial charge in [-0.25, -0.2) is 4.98 Å². The number of carbonyl (C=O) groups is 1. The van der Waals surface area contributed by atoms with Crippen LogP contribution in [0.4, 0.5) is 5.69 Å². The molecule has 2 heterocycles. The first-order valence-electron chi connectivity index (χ1n) is 9.59. The summed E-state index contributed by atoms with van der Waals surface area (Å²) in [5.41, 5.74) is 9.86. The van der Waals surface area contributed by atoms with Crippen LogP contribution in [-0.4, -0.2) is 31.7 Å². The molecular weight excluding hydrogens is 398 g/mol. The summed E-state index contributed by atoms with van der Waals surface area (Å²) in [6, 6.07) is 13.8. The van der Waals surface area contributed by atoms with Crippen LogP contribution in [0.5, 0.6) is 11.5 Å². The first kappa shape index (κ1) is 20.0. The van der Waals surface area contributed by atoms with Crippen molar-refractivity contribution in [1.82, 2.24) is 10.3 Å². The summed E-state index contributed by atoms with van der Waals surface area (Å²) in [6.45, 7) is 2.51. The van der Waals surface area contributed by atoms with E-state index in [1.807, 2.05) is 49.4 Å². The van der Waals surface area contributed by atoms with Crippen LogP contribution >= 0.6 is 11.3 Å². The molecule has 0 bridgehead atoms. The van der Waals surface area contributed by atoms with E-state index >= 15 is 0 Å². The molecule has 0 fully saturated rings. The normalized spacial score (nSPS) is 11.0. The molecule has 4 aromatic rings. The number of nitrogens with one attached hydrogen (secondary N) is 1. The van der Waals surface area contributed by atoms with Gasteiger partial charge in [-0.05, 0) is 42.7 Å². The van der Waals surface area contributed by atoms with Gasteiger partial charge in [-0.3, -0.25) is 4.79 Å². The number of nitrogen functional groups attached to an aromatic ring is 1. The minimum atomic E-state index is -0.184. The highest BCUT2D eigenvalue weighted by Crippen LogP contribution is 2.35. The highest BCUT2D eigenvalue weighted by molar-refractivity contribution is 7.21. The number of aryl methyl sites for hydroxylation is 1. The largest absolute Gasteiger partial charge is 0.493 e. The van der Waals surface area contributed by atoms with Gasteiger partial charge in [0.05, 0.1) is 25.4 Å². The summed E-state index contributed by atoms with van der Waals surface area (Å²) in [6.07, 6.45) is 0.665. The number of nitrogens with zero attached hydrogens (tertiary/aromatic N) is 1. The molecule has 154 valence electrons. The molecule has 0 saturated heterocycles. The molecule has 7 heteroatoms. The molecular formula is C23H23N3O3S. The monoisotopic (exact) mass is 421 g/mol. The topological polar surface area (TPSA) is 86.5 Å². The Morgan fingerprint density at radius 3 is 2.70 bits per heavy atom. The average molecular weight is 422 g/mol. The maximum Gasteiger partial charge on any atom is 0.263 e. The lowest BCUT2D eigenvalue weighted by atomic mass is 10.1. The van der Waals surface area contributed by atoms with Gasteiger partial charge in [0.2, 0.25) is 0 Å². The number of carbonyl (C=O) groups excluding carboxylic acids is 1. The van der Waals surface area contributed by atoms with E-state index in [0.29, 0.717) is 35.0 Å². The quantitative estimate of drug-likeness (QED) is 0.484. The molecule has 4 rings (SSSR count). The van der Waals surface area contributed by atoms with Gasteiger partial charge >= 0.3 is 0 Å². The summed E-state index contributed by atoms with van der Waals surface area (Å²) in [5, 5.41) is 4.80. The Labute approximate surface area is 178 Å². The third-order valence-corrected chi connectivity index (χ3v) is 6.21. The van der Waals surface area contributed by atoms with Crippen LogP contribution in [0.3, 0.4) is 0 Å². The van der Waals surface area contributed by atoms with Crippen LogP contribution in [0, 0.1) is 6.92 Å². The first-order chi connectivity index (χ1) is 14.5. The van der Waals surface area contributed by atoms with Crippen molar-refractivity contribution in [2.45, 2.75) is 13.3 Å². The van der Waals surface area contributed by atoms with Gasteiger partial charge in [-0.1, -0.05) is 24.3 Å². The number of methoxy groups -OCH3 is 2. The minimum Gasteiger partial charge on any atom is -0.493 e. The van der Waals surface area contributed by atoms with Crippen molar-refractivity contribution < 1.29 is 14.3 Å². The predicted octanol–water partition coefficient (Wildman–Crippen LogP) is 4.33. The minimum absolute atomic E-state index is 0.184. The van der Waals surface area contributed by atoms with Crippen molar-refractivity contribution in [3.8, 4) is 11.5 Å². The van der Waals surface area contributed by atoms with Crippen molar-refractivity contribution in [3.63, 3.8) is 0 Å². The Morgan fingerprint density at radius 2 is 1.93 bits per heavy atom. The molecule has 0 spiro atoms. The smallest absolute Gasteiger partial charge is 0.263 e. The van der Waals surface area contributed by atoms with Crippen LogP contribution in [0.15, 0.2) is 42.5 Å². The Kier molecular flexibility index (Phi) is 5.46. The number of benzene rings is 2. The molecule has 0 aliphatic carbocycles. The molecule has 2 aromatic heterocycles. The number of anilines is 1. The second-order valence-corrected chi connectivity index (χ2v) is 8.03. The predicted molar refractivity (Wildman–Crippen MR) is 122 cm³/mol. The number of nitrogens with two attached hydrogens (primary N) is 1. The molecule has 0 aliphatic rings. The molecule has 6 nitrogen and oxygen atoms in total. The number of para-hydroxylation sites is 1. The van der Waals surface area contributed by atoms with E-state index in [2.05, 4.69) is 5.32 Å². The van der Waals surface area contributed by atoms with Crippen molar-refractivity contribution in [2.24, 2.45) is 0 Å². The summed E-state index contributed by atoms with van der Waals surface area (Å²) in [7, 11) is 3.21. The zero-order valence-electron chi connectivity index (χ0n) is 17.1. The number of aromatic nitrogens is 1. The van der Waals surface area contributed by atoms with Crippen LogP contribution < -0.4 is 20.5 Å². The summed E-state index contributed by atoms with van der Waals surface area (Å²) in [5.74, 6) is 1.17. The average Bonchev–Trinajstić information content (AvgIpc) is 3.08. The molecule has 0 aliphatic heterocycles. The van der Waals surface area contributed by atoms with Crippen LogP contribution in [0.1, 0.15) is 20.8 Å². The fraction of sp³-hybridized carbons (Fsp3) is 0.217. The summed E-state index contributed by atoms with van der Waals surface area (Å²) in [4.78, 5) is 18.8. The number of rotatable bonds is 6. The third kappa shape index (κ3) is 3.64. The van der Waals surface area contributed by atoms with Gasteiger partial charge in [-0.2, -0.15) is 0 Å². The Balaban J connectivity index is 1.51. The lowest BCUT2D eigenvalue weighted by Crippen LogP contribution is -2.25. The fourth-order valence-electron chi connectivity index (χ4n) is 3.48. The fourth-order valence-corrected chi connectivity index (χ4v) is 4.47. The first-order valence-corrected chi connectivity index (χ1v) is 10.4. The standard InChI is InChI=1S/C23H23N3O3S/c1-13-5-4-6-15-12-16-19(24)21(30-23(16)26-20(13)15)22(27)25-10-9-14-7-8-17(28-2)18(11-14)29-3/h4-8,11-12H,9-10,24H2,1-3H3,(H,25,27). The van der Waals surface area contributed by atoms with Gasteiger partial charge in [0.1, 0.15) is 9.71 Å². The van der Waals surface area contributed by atoms with E-state index in [1.165, 1.54) is 11.3 Å². The molecule has 0 radical (unpaired) electrons. The lowest BCUT2D eigenvalue weighted by Gasteiger charge is -2.10. The molecule has 1 amide bonds. The molecule has 3 N–H and O–H groups in total. The molecule has 0 unspecified atom stereocenters. The second-order valence-electron chi connectivity index (χ2n) is 7.03. The number of thiophene rings is 1. The highest BCUT2D eigenvalue weighted by Gasteiger charge is 2.18. The van der Waals surface area contributed by atoms with Gasteiger partial charge in [0.25, 0.3) is 5.91 Å². The van der Waals surface area contributed by atoms with E-state index in [4.69, 9.17) is 20.2 Å². The van der Waals surface area contributed by atoms with Crippen molar-refractivity contribution in [2.75, 3.05) is 26.5 Å². The second kappa shape index (κ2) is 8.20. The number of ether oxygens (including phenoxy) is 2. The number of pyridine rings is 1. The number of amides is 1. The lowest BCUT2D eigenvalue weighted by molar-refractivity contribution is 0.0959. The van der Waals surface area contributed by atoms with Crippen LogP contribution in [0.2, 0.25) is 0 Å². The highest BCUT2D eigenvalue weighted by atomic mass is 32.1. The van der Waals surface area contributed by atoms with E-state index in [-0.39, 0.29) is 5.91 Å². The number of hydrogen-bond acceptors (Lipinski definition) is 6. The Morgan fingerprint density at radius 1 is 1.13 bits per heavy atom. The van der Waals surface area contributed by atoms with E-state index in [0.717, 1.165) is 32.2 Å².